The molecule has 0 saturated carbocycles. The average Bonchev–Trinajstić information content (AvgIpc) is 3.00. The van der Waals surface area contributed by atoms with E-state index in [0.29, 0.717) is 40.2 Å². The zero-order valence-corrected chi connectivity index (χ0v) is 11.4. The van der Waals surface area contributed by atoms with Crippen LogP contribution < -0.4 is 14.2 Å². The Morgan fingerprint density at radius 1 is 1.24 bits per heavy atom. The molecule has 1 N–H and O–H groups in total. The van der Waals surface area contributed by atoms with Crippen molar-refractivity contribution in [3.63, 3.8) is 0 Å². The molecule has 108 valence electrons. The predicted molar refractivity (Wildman–Crippen MR) is 75.0 cm³/mol. The maximum absolute atomic E-state index is 11.3. The number of aliphatic hydroxyl groups excluding tert-OH is 1. The summed E-state index contributed by atoms with van der Waals surface area (Å²) in [7, 11) is 1.56. The van der Waals surface area contributed by atoms with Gasteiger partial charge in [0.2, 0.25) is 6.79 Å². The van der Waals surface area contributed by atoms with Crippen LogP contribution in [-0.2, 0) is 0 Å². The number of ether oxygens (including phenoxy) is 3. The van der Waals surface area contributed by atoms with Crippen LogP contribution in [0.4, 0.5) is 0 Å². The van der Waals surface area contributed by atoms with E-state index >= 15 is 0 Å². The van der Waals surface area contributed by atoms with E-state index < -0.39 is 6.10 Å². The van der Waals surface area contributed by atoms with Crippen molar-refractivity contribution >= 4 is 6.29 Å². The first-order valence-electron chi connectivity index (χ1n) is 6.43. The first-order valence-corrected chi connectivity index (χ1v) is 6.43. The van der Waals surface area contributed by atoms with Gasteiger partial charge in [-0.1, -0.05) is 12.1 Å². The van der Waals surface area contributed by atoms with Crippen molar-refractivity contribution in [1.82, 2.24) is 0 Å². The Morgan fingerprint density at radius 3 is 2.71 bits per heavy atom. The van der Waals surface area contributed by atoms with Crippen molar-refractivity contribution < 1.29 is 24.1 Å². The maximum Gasteiger partial charge on any atom is 0.231 e. The maximum atomic E-state index is 11.3. The van der Waals surface area contributed by atoms with Gasteiger partial charge in [-0.05, 0) is 35.4 Å². The van der Waals surface area contributed by atoms with E-state index in [4.69, 9.17) is 14.2 Å². The SMILES string of the molecule is COc1cccc(C(O)c2cc3c(cc2C=O)OCO3)c1. The molecule has 0 aromatic heterocycles. The molecular formula is C16H14O5. The van der Waals surface area contributed by atoms with E-state index in [1.54, 1.807) is 43.5 Å². The van der Waals surface area contributed by atoms with Gasteiger partial charge in [0.15, 0.2) is 17.8 Å². The van der Waals surface area contributed by atoms with Gasteiger partial charge in [0.1, 0.15) is 11.9 Å². The molecule has 2 aromatic carbocycles. The van der Waals surface area contributed by atoms with Crippen LogP contribution in [0, 0.1) is 0 Å². The van der Waals surface area contributed by atoms with Gasteiger partial charge in [0.05, 0.1) is 7.11 Å². The summed E-state index contributed by atoms with van der Waals surface area (Å²) >= 11 is 0. The number of carbonyl (C=O) groups is 1. The molecule has 0 spiro atoms. The lowest BCUT2D eigenvalue weighted by Crippen LogP contribution is -2.04. The summed E-state index contributed by atoms with van der Waals surface area (Å²) in [5, 5.41) is 10.5. The van der Waals surface area contributed by atoms with Crippen LogP contribution in [0.2, 0.25) is 0 Å². The first-order chi connectivity index (χ1) is 10.2. The molecule has 1 heterocycles. The van der Waals surface area contributed by atoms with Crippen molar-refractivity contribution in [2.75, 3.05) is 13.9 Å². The summed E-state index contributed by atoms with van der Waals surface area (Å²) < 4.78 is 15.7. The zero-order valence-electron chi connectivity index (χ0n) is 11.4. The average molecular weight is 286 g/mol. The minimum Gasteiger partial charge on any atom is -0.497 e. The Labute approximate surface area is 121 Å². The van der Waals surface area contributed by atoms with Gasteiger partial charge in [-0.2, -0.15) is 0 Å². The largest absolute Gasteiger partial charge is 0.497 e. The molecule has 0 fully saturated rings. The van der Waals surface area contributed by atoms with Crippen LogP contribution in [0.1, 0.15) is 27.6 Å². The monoisotopic (exact) mass is 286 g/mol. The first kappa shape index (κ1) is 13.5. The van der Waals surface area contributed by atoms with E-state index in [-0.39, 0.29) is 6.79 Å². The van der Waals surface area contributed by atoms with Gasteiger partial charge in [0, 0.05) is 5.56 Å². The fraction of sp³-hybridized carbons (Fsp3) is 0.188. The highest BCUT2D eigenvalue weighted by molar-refractivity contribution is 5.80. The second-order valence-corrected chi connectivity index (χ2v) is 4.63. The third-order valence-corrected chi connectivity index (χ3v) is 3.41. The lowest BCUT2D eigenvalue weighted by Gasteiger charge is -2.15. The van der Waals surface area contributed by atoms with Crippen molar-refractivity contribution in [3.8, 4) is 17.2 Å². The van der Waals surface area contributed by atoms with E-state index in [1.807, 2.05) is 0 Å². The molecule has 0 amide bonds. The molecule has 0 bridgehead atoms. The number of benzene rings is 2. The topological polar surface area (TPSA) is 65.0 Å². The molecule has 0 aliphatic carbocycles. The number of carbonyl (C=O) groups excluding carboxylic acids is 1. The molecule has 5 heteroatoms. The molecule has 0 radical (unpaired) electrons. The second-order valence-electron chi connectivity index (χ2n) is 4.63. The van der Waals surface area contributed by atoms with Crippen LogP contribution >= 0.6 is 0 Å². The van der Waals surface area contributed by atoms with Gasteiger partial charge in [-0.15, -0.1) is 0 Å². The van der Waals surface area contributed by atoms with Gasteiger partial charge in [-0.3, -0.25) is 4.79 Å². The fourth-order valence-electron chi connectivity index (χ4n) is 2.30. The highest BCUT2D eigenvalue weighted by atomic mass is 16.7. The summed E-state index contributed by atoms with van der Waals surface area (Å²) in [6.45, 7) is 0.117. The Morgan fingerprint density at radius 2 is 2.00 bits per heavy atom. The van der Waals surface area contributed by atoms with Gasteiger partial charge >= 0.3 is 0 Å². The smallest absolute Gasteiger partial charge is 0.231 e. The zero-order chi connectivity index (χ0) is 14.8. The molecular weight excluding hydrogens is 272 g/mol. The Kier molecular flexibility index (Phi) is 3.50. The van der Waals surface area contributed by atoms with E-state index in [0.717, 1.165) is 0 Å². The predicted octanol–water partition coefficient (Wildman–Crippen LogP) is 2.32. The van der Waals surface area contributed by atoms with Gasteiger partial charge in [-0.25, -0.2) is 0 Å². The third kappa shape index (κ3) is 2.43. The highest BCUT2D eigenvalue weighted by Crippen LogP contribution is 2.38. The lowest BCUT2D eigenvalue weighted by atomic mass is 9.96. The standard InChI is InChI=1S/C16H14O5/c1-19-12-4-2-3-10(5-12)16(18)13-7-15-14(20-9-21-15)6-11(13)8-17/h2-8,16,18H,9H2,1H3. The summed E-state index contributed by atoms with van der Waals surface area (Å²) in [6.07, 6.45) is -0.254. The Balaban J connectivity index is 2.04. The Hall–Kier alpha value is -2.53. The summed E-state index contributed by atoms with van der Waals surface area (Å²) in [6, 6.07) is 10.3. The second kappa shape index (κ2) is 5.46. The van der Waals surface area contributed by atoms with Crippen LogP contribution in [0.15, 0.2) is 36.4 Å². The van der Waals surface area contributed by atoms with E-state index in [2.05, 4.69) is 0 Å². The van der Waals surface area contributed by atoms with Crippen molar-refractivity contribution in [2.24, 2.45) is 0 Å². The third-order valence-electron chi connectivity index (χ3n) is 3.41. The van der Waals surface area contributed by atoms with Crippen molar-refractivity contribution in [3.05, 3.63) is 53.1 Å². The molecule has 1 atom stereocenters. The lowest BCUT2D eigenvalue weighted by molar-refractivity contribution is 0.111. The van der Waals surface area contributed by atoms with Crippen molar-refractivity contribution in [1.29, 1.82) is 0 Å². The number of hydrogen-bond donors (Lipinski definition) is 1. The minimum atomic E-state index is -0.949. The molecule has 2 aromatic rings. The van der Waals surface area contributed by atoms with Gasteiger partial charge < -0.3 is 19.3 Å². The van der Waals surface area contributed by atoms with Crippen LogP contribution in [0.3, 0.4) is 0 Å². The van der Waals surface area contributed by atoms with Gasteiger partial charge in [0.25, 0.3) is 0 Å². The van der Waals surface area contributed by atoms with E-state index in [9.17, 15) is 9.90 Å². The highest BCUT2D eigenvalue weighted by Gasteiger charge is 2.22. The van der Waals surface area contributed by atoms with E-state index in [1.165, 1.54) is 0 Å². The van der Waals surface area contributed by atoms with Crippen LogP contribution in [-0.4, -0.2) is 25.3 Å². The molecule has 1 unspecified atom stereocenters. The number of hydrogen-bond acceptors (Lipinski definition) is 5. The molecule has 1 aliphatic rings. The number of aliphatic hydroxyl groups is 1. The molecule has 5 nitrogen and oxygen atoms in total. The normalized spacial score (nSPS) is 13.8. The summed E-state index contributed by atoms with van der Waals surface area (Å²) in [4.78, 5) is 11.3. The molecule has 0 saturated heterocycles. The molecule has 1 aliphatic heterocycles. The Bertz CT molecular complexity index is 680. The van der Waals surface area contributed by atoms with Crippen LogP contribution in [0.5, 0.6) is 17.2 Å². The number of methoxy groups -OCH3 is 1. The molecule has 3 rings (SSSR count). The molecule has 21 heavy (non-hydrogen) atoms. The quantitative estimate of drug-likeness (QED) is 0.874. The summed E-state index contributed by atoms with van der Waals surface area (Å²) in [5.74, 6) is 1.68. The number of rotatable bonds is 4. The van der Waals surface area contributed by atoms with Crippen molar-refractivity contribution in [2.45, 2.75) is 6.10 Å². The summed E-state index contributed by atoms with van der Waals surface area (Å²) in [5.41, 5.74) is 1.48. The van der Waals surface area contributed by atoms with Crippen LogP contribution in [0.25, 0.3) is 0 Å². The fourth-order valence-corrected chi connectivity index (χ4v) is 2.30. The minimum absolute atomic E-state index is 0.117. The number of fused-ring (bicyclic) bond motifs is 1. The number of aldehydes is 1.